The van der Waals surface area contributed by atoms with E-state index in [1.807, 2.05) is 0 Å². The number of ether oxygens (including phenoxy) is 1. The molecule has 0 aliphatic heterocycles. The van der Waals surface area contributed by atoms with Crippen molar-refractivity contribution >= 4 is 17.9 Å². The number of aliphatic carboxylic acids is 2. The number of hydrogen-bond acceptors (Lipinski definition) is 4. The van der Waals surface area contributed by atoms with Crippen molar-refractivity contribution in [3.05, 3.63) is 0 Å². The number of rotatable bonds is 5. The van der Waals surface area contributed by atoms with E-state index in [1.54, 1.807) is 13.8 Å². The van der Waals surface area contributed by atoms with E-state index in [-0.39, 0.29) is 6.10 Å². The SMILES string of the molecule is CC(C)OC(=O)CC(C(=O)O)C(=O)O. The van der Waals surface area contributed by atoms with Crippen molar-refractivity contribution in [3.8, 4) is 0 Å². The van der Waals surface area contributed by atoms with E-state index in [4.69, 9.17) is 10.2 Å². The molecular weight excluding hydrogens is 192 g/mol. The second-order valence-corrected chi connectivity index (χ2v) is 2.97. The molecule has 0 bridgehead atoms. The van der Waals surface area contributed by atoms with Crippen LogP contribution in [0.15, 0.2) is 0 Å². The summed E-state index contributed by atoms with van der Waals surface area (Å²) in [7, 11) is 0. The molecule has 0 saturated carbocycles. The Kier molecular flexibility index (Phi) is 4.62. The fraction of sp³-hybridized carbons (Fsp3) is 0.625. The van der Waals surface area contributed by atoms with Gasteiger partial charge >= 0.3 is 17.9 Å². The van der Waals surface area contributed by atoms with Crippen molar-refractivity contribution in [3.63, 3.8) is 0 Å². The van der Waals surface area contributed by atoms with Gasteiger partial charge in [0.05, 0.1) is 12.5 Å². The molecule has 2 N–H and O–H groups in total. The lowest BCUT2D eigenvalue weighted by Gasteiger charge is -2.09. The van der Waals surface area contributed by atoms with Crippen molar-refractivity contribution in [2.75, 3.05) is 0 Å². The Hall–Kier alpha value is -1.59. The third-order valence-corrected chi connectivity index (χ3v) is 1.33. The Bertz CT molecular complexity index is 230. The van der Waals surface area contributed by atoms with Crippen LogP contribution >= 0.6 is 0 Å². The molecule has 14 heavy (non-hydrogen) atoms. The standard InChI is InChI=1S/C8H12O6/c1-4(2)14-6(9)3-5(7(10)11)8(12)13/h4-5H,3H2,1-2H3,(H,10,11)(H,12,13). The highest BCUT2D eigenvalue weighted by Gasteiger charge is 2.29. The zero-order chi connectivity index (χ0) is 11.3. The van der Waals surface area contributed by atoms with Gasteiger partial charge in [-0.1, -0.05) is 0 Å². The maximum Gasteiger partial charge on any atom is 0.318 e. The summed E-state index contributed by atoms with van der Waals surface area (Å²) in [5, 5.41) is 16.9. The molecule has 0 fully saturated rings. The van der Waals surface area contributed by atoms with Gasteiger partial charge in [0.15, 0.2) is 5.92 Å². The molecule has 0 heterocycles. The van der Waals surface area contributed by atoms with Crippen LogP contribution in [0.25, 0.3) is 0 Å². The Labute approximate surface area is 80.5 Å². The van der Waals surface area contributed by atoms with E-state index in [9.17, 15) is 14.4 Å². The highest BCUT2D eigenvalue weighted by atomic mass is 16.5. The van der Waals surface area contributed by atoms with Gasteiger partial charge < -0.3 is 14.9 Å². The van der Waals surface area contributed by atoms with E-state index in [0.717, 1.165) is 0 Å². The van der Waals surface area contributed by atoms with Gasteiger partial charge in [-0.05, 0) is 13.8 Å². The molecule has 80 valence electrons. The van der Waals surface area contributed by atoms with Gasteiger partial charge in [0, 0.05) is 0 Å². The largest absolute Gasteiger partial charge is 0.481 e. The average Bonchev–Trinajstić information content (AvgIpc) is 1.97. The first-order chi connectivity index (χ1) is 6.34. The van der Waals surface area contributed by atoms with Crippen molar-refractivity contribution < 1.29 is 29.3 Å². The smallest absolute Gasteiger partial charge is 0.318 e. The van der Waals surface area contributed by atoms with Gasteiger partial charge in [-0.2, -0.15) is 0 Å². The van der Waals surface area contributed by atoms with Crippen LogP contribution in [-0.2, 0) is 19.1 Å². The van der Waals surface area contributed by atoms with Crippen LogP contribution in [0.4, 0.5) is 0 Å². The summed E-state index contributed by atoms with van der Waals surface area (Å²) in [4.78, 5) is 31.7. The minimum absolute atomic E-state index is 0.384. The van der Waals surface area contributed by atoms with Crippen molar-refractivity contribution in [1.29, 1.82) is 0 Å². The molecule has 0 atom stereocenters. The van der Waals surface area contributed by atoms with Crippen LogP contribution in [-0.4, -0.2) is 34.2 Å². The first-order valence-electron chi connectivity index (χ1n) is 3.99. The van der Waals surface area contributed by atoms with E-state index >= 15 is 0 Å². The van der Waals surface area contributed by atoms with Gasteiger partial charge in [-0.25, -0.2) is 0 Å². The molecule has 0 radical (unpaired) electrons. The maximum absolute atomic E-state index is 10.9. The summed E-state index contributed by atoms with van der Waals surface area (Å²) in [6.07, 6.45) is -1.03. The van der Waals surface area contributed by atoms with Crippen molar-refractivity contribution in [2.24, 2.45) is 5.92 Å². The molecule has 6 heteroatoms. The van der Waals surface area contributed by atoms with Crippen LogP contribution in [0.5, 0.6) is 0 Å². The zero-order valence-electron chi connectivity index (χ0n) is 7.89. The Balaban J connectivity index is 4.24. The lowest BCUT2D eigenvalue weighted by molar-refractivity contribution is -0.162. The summed E-state index contributed by atoms with van der Waals surface area (Å²) in [5.41, 5.74) is 0. The number of carbonyl (C=O) groups excluding carboxylic acids is 1. The lowest BCUT2D eigenvalue weighted by Crippen LogP contribution is -2.27. The lowest BCUT2D eigenvalue weighted by atomic mass is 10.1. The van der Waals surface area contributed by atoms with Gasteiger partial charge in [0.2, 0.25) is 0 Å². The molecule has 0 amide bonds. The molecular formula is C8H12O6. The van der Waals surface area contributed by atoms with Crippen molar-refractivity contribution in [2.45, 2.75) is 26.4 Å². The Morgan fingerprint density at radius 2 is 1.57 bits per heavy atom. The first-order valence-corrected chi connectivity index (χ1v) is 3.99. The van der Waals surface area contributed by atoms with Crippen molar-refractivity contribution in [1.82, 2.24) is 0 Å². The molecule has 0 unspecified atom stereocenters. The highest BCUT2D eigenvalue weighted by Crippen LogP contribution is 2.06. The summed E-state index contributed by atoms with van der Waals surface area (Å²) in [6.45, 7) is 3.18. The third-order valence-electron chi connectivity index (χ3n) is 1.33. The molecule has 0 rings (SSSR count). The average molecular weight is 204 g/mol. The van der Waals surface area contributed by atoms with Crippen LogP contribution in [0.2, 0.25) is 0 Å². The molecule has 0 aromatic carbocycles. The number of carboxylic acid groups (broad SMARTS) is 2. The third kappa shape index (κ3) is 4.44. The summed E-state index contributed by atoms with van der Waals surface area (Å²) < 4.78 is 4.62. The minimum atomic E-state index is -1.73. The topological polar surface area (TPSA) is 101 Å². The highest BCUT2D eigenvalue weighted by molar-refractivity contribution is 5.96. The predicted octanol–water partition coefficient (Wildman–Crippen LogP) is 0.114. The second-order valence-electron chi connectivity index (χ2n) is 2.97. The molecule has 0 saturated heterocycles. The minimum Gasteiger partial charge on any atom is -0.481 e. The van der Waals surface area contributed by atoms with Crippen LogP contribution in [0.3, 0.4) is 0 Å². The fourth-order valence-electron chi connectivity index (χ4n) is 0.758. The molecule has 0 spiro atoms. The maximum atomic E-state index is 10.9. The van der Waals surface area contributed by atoms with Crippen LogP contribution < -0.4 is 0 Å². The van der Waals surface area contributed by atoms with E-state index in [1.165, 1.54) is 0 Å². The normalized spacial score (nSPS) is 10.3. The Morgan fingerprint density at radius 3 is 1.86 bits per heavy atom. The van der Waals surface area contributed by atoms with Crippen LogP contribution in [0, 0.1) is 5.92 Å². The molecule has 0 aliphatic rings. The van der Waals surface area contributed by atoms with Gasteiger partial charge in [0.1, 0.15) is 0 Å². The number of carboxylic acids is 2. The van der Waals surface area contributed by atoms with Gasteiger partial charge in [0.25, 0.3) is 0 Å². The molecule has 0 aromatic rings. The van der Waals surface area contributed by atoms with E-state index in [2.05, 4.69) is 4.74 Å². The van der Waals surface area contributed by atoms with E-state index in [0.29, 0.717) is 0 Å². The number of esters is 1. The monoisotopic (exact) mass is 204 g/mol. The quantitative estimate of drug-likeness (QED) is 0.487. The summed E-state index contributed by atoms with van der Waals surface area (Å²) >= 11 is 0. The second kappa shape index (κ2) is 5.21. The molecule has 0 aliphatic carbocycles. The summed E-state index contributed by atoms with van der Waals surface area (Å²) in [5.74, 6) is -5.65. The van der Waals surface area contributed by atoms with Gasteiger partial charge in [-0.15, -0.1) is 0 Å². The predicted molar refractivity (Wildman–Crippen MR) is 44.6 cm³/mol. The fourth-order valence-corrected chi connectivity index (χ4v) is 0.758. The molecule has 6 nitrogen and oxygen atoms in total. The van der Waals surface area contributed by atoms with Crippen LogP contribution in [0.1, 0.15) is 20.3 Å². The summed E-state index contributed by atoms with van der Waals surface area (Å²) in [6, 6.07) is 0. The zero-order valence-corrected chi connectivity index (χ0v) is 7.89. The molecule has 0 aromatic heterocycles. The number of hydrogen-bond donors (Lipinski definition) is 2. The Morgan fingerprint density at radius 1 is 1.14 bits per heavy atom. The number of carbonyl (C=O) groups is 3. The van der Waals surface area contributed by atoms with Gasteiger partial charge in [-0.3, -0.25) is 14.4 Å². The van der Waals surface area contributed by atoms with E-state index < -0.39 is 30.2 Å². The first kappa shape index (κ1) is 12.4.